The molecule has 0 unspecified atom stereocenters. The predicted molar refractivity (Wildman–Crippen MR) is 105 cm³/mol. The van der Waals surface area contributed by atoms with Crippen LogP contribution in [0.2, 0.25) is 0 Å². The zero-order valence-corrected chi connectivity index (χ0v) is 16.5. The van der Waals surface area contributed by atoms with Gasteiger partial charge in [0.25, 0.3) is 0 Å². The molecule has 1 N–H and O–H groups in total. The Morgan fingerprint density at radius 3 is 2.22 bits per heavy atom. The van der Waals surface area contributed by atoms with Crippen LogP contribution in [0, 0.1) is 6.92 Å². The summed E-state index contributed by atoms with van der Waals surface area (Å²) in [6, 6.07) is 24.7. The van der Waals surface area contributed by atoms with Crippen molar-refractivity contribution in [3.8, 4) is 11.5 Å². The Balaban J connectivity index is 0.00000261. The Hall–Kier alpha value is -2.49. The fourth-order valence-electron chi connectivity index (χ4n) is 2.80. The fraction of sp³-hybridized carbons (Fsp3) is 0.217. The molecule has 4 heteroatoms. The molecule has 0 spiro atoms. The molecule has 27 heavy (non-hydrogen) atoms. The molecule has 0 saturated heterocycles. The molecule has 0 aliphatic heterocycles. The maximum Gasteiger partial charge on any atom is 0.166 e. The van der Waals surface area contributed by atoms with Gasteiger partial charge >= 0.3 is 0 Å². The van der Waals surface area contributed by atoms with Crippen molar-refractivity contribution in [3.05, 3.63) is 95.1 Å². The highest BCUT2D eigenvalue weighted by molar-refractivity contribution is 5.46. The van der Waals surface area contributed by atoms with Crippen molar-refractivity contribution in [1.82, 2.24) is 5.32 Å². The Morgan fingerprint density at radius 1 is 0.778 bits per heavy atom. The SMILES string of the molecule is COc1cccc(CNCc2ccc(C)cc2)c1OCc1ccccc1.[Cl-]. The molecule has 0 aliphatic carbocycles. The highest BCUT2D eigenvalue weighted by Gasteiger charge is 2.11. The number of benzene rings is 3. The van der Waals surface area contributed by atoms with E-state index in [2.05, 4.69) is 54.7 Å². The normalized spacial score (nSPS) is 10.1. The van der Waals surface area contributed by atoms with E-state index < -0.39 is 0 Å². The number of ether oxygens (including phenoxy) is 2. The van der Waals surface area contributed by atoms with Gasteiger partial charge in [0.05, 0.1) is 7.11 Å². The van der Waals surface area contributed by atoms with Crippen LogP contribution in [-0.4, -0.2) is 7.11 Å². The molecular formula is C23H25ClNO2-. The van der Waals surface area contributed by atoms with Gasteiger partial charge in [-0.15, -0.1) is 0 Å². The average Bonchev–Trinajstić information content (AvgIpc) is 2.69. The molecule has 0 radical (unpaired) electrons. The minimum atomic E-state index is 0. The lowest BCUT2D eigenvalue weighted by Gasteiger charge is -2.16. The van der Waals surface area contributed by atoms with Gasteiger partial charge in [-0.1, -0.05) is 72.3 Å². The fourth-order valence-corrected chi connectivity index (χ4v) is 2.80. The third-order valence-electron chi connectivity index (χ3n) is 4.27. The van der Waals surface area contributed by atoms with Crippen LogP contribution < -0.4 is 27.2 Å². The lowest BCUT2D eigenvalue weighted by molar-refractivity contribution is -0.00000587. The summed E-state index contributed by atoms with van der Waals surface area (Å²) in [4.78, 5) is 0. The molecule has 3 aromatic carbocycles. The van der Waals surface area contributed by atoms with Gasteiger partial charge in [-0.25, -0.2) is 0 Å². The van der Waals surface area contributed by atoms with Crippen molar-refractivity contribution in [2.24, 2.45) is 0 Å². The van der Waals surface area contributed by atoms with Crippen molar-refractivity contribution in [3.63, 3.8) is 0 Å². The average molecular weight is 383 g/mol. The van der Waals surface area contributed by atoms with E-state index in [-0.39, 0.29) is 12.4 Å². The second-order valence-corrected chi connectivity index (χ2v) is 6.31. The van der Waals surface area contributed by atoms with Crippen LogP contribution in [-0.2, 0) is 19.7 Å². The summed E-state index contributed by atoms with van der Waals surface area (Å²) in [5.74, 6) is 1.56. The Kier molecular flexibility index (Phi) is 8.18. The third kappa shape index (κ3) is 6.02. The molecule has 3 nitrogen and oxygen atoms in total. The lowest BCUT2D eigenvalue weighted by atomic mass is 10.1. The minimum absolute atomic E-state index is 0. The summed E-state index contributed by atoms with van der Waals surface area (Å²) in [5, 5.41) is 3.49. The van der Waals surface area contributed by atoms with E-state index in [4.69, 9.17) is 9.47 Å². The lowest BCUT2D eigenvalue weighted by Crippen LogP contribution is -3.00. The molecular weight excluding hydrogens is 358 g/mol. The number of hydrogen-bond donors (Lipinski definition) is 1. The maximum atomic E-state index is 6.10. The maximum absolute atomic E-state index is 6.10. The number of aryl methyl sites for hydroxylation is 1. The molecule has 0 heterocycles. The number of halogens is 1. The third-order valence-corrected chi connectivity index (χ3v) is 4.27. The quantitative estimate of drug-likeness (QED) is 0.645. The number of hydrogen-bond acceptors (Lipinski definition) is 3. The predicted octanol–water partition coefficient (Wildman–Crippen LogP) is 1.88. The minimum Gasteiger partial charge on any atom is -1.00 e. The van der Waals surface area contributed by atoms with E-state index >= 15 is 0 Å². The first kappa shape index (κ1) is 20.8. The van der Waals surface area contributed by atoms with Crippen LogP contribution >= 0.6 is 0 Å². The zero-order chi connectivity index (χ0) is 18.2. The highest BCUT2D eigenvalue weighted by atomic mass is 35.5. The summed E-state index contributed by atoms with van der Waals surface area (Å²) in [5.41, 5.74) is 4.77. The standard InChI is InChI=1S/C23H25NO2.ClH/c1-18-11-13-19(14-12-18)15-24-16-21-9-6-10-22(25-2)23(21)26-17-20-7-4-3-5-8-20;/h3-14,24H,15-17H2,1-2H3;1H/p-1. The van der Waals surface area contributed by atoms with E-state index in [0.29, 0.717) is 6.61 Å². The van der Waals surface area contributed by atoms with Crippen molar-refractivity contribution >= 4 is 0 Å². The monoisotopic (exact) mass is 382 g/mol. The molecule has 0 saturated carbocycles. The molecule has 0 fully saturated rings. The van der Waals surface area contributed by atoms with E-state index in [0.717, 1.165) is 35.7 Å². The van der Waals surface area contributed by atoms with Crippen LogP contribution in [0.4, 0.5) is 0 Å². The van der Waals surface area contributed by atoms with E-state index in [1.807, 2.05) is 30.3 Å². The van der Waals surface area contributed by atoms with Gasteiger partial charge in [0.15, 0.2) is 11.5 Å². The molecule has 0 atom stereocenters. The largest absolute Gasteiger partial charge is 1.00 e. The van der Waals surface area contributed by atoms with E-state index in [1.54, 1.807) is 7.11 Å². The van der Waals surface area contributed by atoms with E-state index in [1.165, 1.54) is 11.1 Å². The summed E-state index contributed by atoms with van der Waals surface area (Å²) in [7, 11) is 1.67. The number of rotatable bonds is 8. The van der Waals surface area contributed by atoms with Crippen molar-refractivity contribution in [2.75, 3.05) is 7.11 Å². The van der Waals surface area contributed by atoms with Crippen LogP contribution in [0.1, 0.15) is 22.3 Å². The first-order chi connectivity index (χ1) is 12.8. The second-order valence-electron chi connectivity index (χ2n) is 6.31. The highest BCUT2D eigenvalue weighted by Crippen LogP contribution is 2.31. The molecule has 3 aromatic rings. The molecule has 0 amide bonds. The van der Waals surface area contributed by atoms with Gasteiger partial charge in [0.1, 0.15) is 6.61 Å². The summed E-state index contributed by atoms with van der Waals surface area (Å²) in [6.07, 6.45) is 0. The van der Waals surface area contributed by atoms with Crippen LogP contribution in [0.3, 0.4) is 0 Å². The van der Waals surface area contributed by atoms with Gasteiger partial charge in [0.2, 0.25) is 0 Å². The first-order valence-electron chi connectivity index (χ1n) is 8.85. The number of para-hydroxylation sites is 1. The Labute approximate surface area is 167 Å². The van der Waals surface area contributed by atoms with Crippen LogP contribution in [0.25, 0.3) is 0 Å². The van der Waals surface area contributed by atoms with Crippen molar-refractivity contribution < 1.29 is 21.9 Å². The Bertz CT molecular complexity index is 820. The topological polar surface area (TPSA) is 30.5 Å². The molecule has 0 bridgehead atoms. The van der Waals surface area contributed by atoms with Gasteiger partial charge < -0.3 is 27.2 Å². The molecule has 142 valence electrons. The van der Waals surface area contributed by atoms with Gasteiger partial charge in [-0.2, -0.15) is 0 Å². The summed E-state index contributed by atoms with van der Waals surface area (Å²) >= 11 is 0. The van der Waals surface area contributed by atoms with Crippen LogP contribution in [0.15, 0.2) is 72.8 Å². The molecule has 0 aliphatic rings. The van der Waals surface area contributed by atoms with Gasteiger partial charge in [0, 0.05) is 18.7 Å². The van der Waals surface area contributed by atoms with Crippen molar-refractivity contribution in [1.29, 1.82) is 0 Å². The summed E-state index contributed by atoms with van der Waals surface area (Å²) in [6.45, 7) is 4.15. The van der Waals surface area contributed by atoms with Crippen LogP contribution in [0.5, 0.6) is 11.5 Å². The zero-order valence-electron chi connectivity index (χ0n) is 15.7. The first-order valence-corrected chi connectivity index (χ1v) is 8.85. The molecule has 0 aromatic heterocycles. The van der Waals surface area contributed by atoms with Gasteiger partial charge in [-0.3, -0.25) is 0 Å². The second kappa shape index (κ2) is 10.6. The van der Waals surface area contributed by atoms with Gasteiger partial charge in [-0.05, 0) is 24.1 Å². The van der Waals surface area contributed by atoms with Crippen molar-refractivity contribution in [2.45, 2.75) is 26.6 Å². The smallest absolute Gasteiger partial charge is 0.166 e. The molecule has 3 rings (SSSR count). The number of nitrogens with one attached hydrogen (secondary N) is 1. The summed E-state index contributed by atoms with van der Waals surface area (Å²) < 4.78 is 11.6. The van der Waals surface area contributed by atoms with E-state index in [9.17, 15) is 0 Å². The Morgan fingerprint density at radius 2 is 1.52 bits per heavy atom. The number of methoxy groups -OCH3 is 1.